The molecule has 0 bridgehead atoms. The maximum atomic E-state index is 14.1. The predicted molar refractivity (Wildman–Crippen MR) is 89.1 cm³/mol. The van der Waals surface area contributed by atoms with Crippen molar-refractivity contribution in [3.63, 3.8) is 0 Å². The van der Waals surface area contributed by atoms with E-state index in [1.165, 1.54) is 6.07 Å². The molecule has 4 nitrogen and oxygen atoms in total. The monoisotopic (exact) mass is 367 g/mol. The van der Waals surface area contributed by atoms with Gasteiger partial charge < -0.3 is 14.6 Å². The van der Waals surface area contributed by atoms with Crippen LogP contribution in [0.4, 0.5) is 18.9 Å². The Labute approximate surface area is 146 Å². The zero-order valence-electron chi connectivity index (χ0n) is 12.9. The van der Waals surface area contributed by atoms with Crippen molar-refractivity contribution < 1.29 is 17.9 Å². The third-order valence-corrected chi connectivity index (χ3v) is 4.42. The third-order valence-electron chi connectivity index (χ3n) is 4.19. The molecular formula is C17H13ClF3N3O. The van der Waals surface area contributed by atoms with Gasteiger partial charge in [-0.1, -0.05) is 11.6 Å². The van der Waals surface area contributed by atoms with Gasteiger partial charge in [-0.25, -0.2) is 9.37 Å². The number of nitrogens with one attached hydrogen (secondary N) is 1. The number of fused-ring (bicyclic) bond motifs is 4. The molecule has 1 aliphatic rings. The highest BCUT2D eigenvalue weighted by Crippen LogP contribution is 2.34. The van der Waals surface area contributed by atoms with Gasteiger partial charge in [0.1, 0.15) is 5.82 Å². The molecule has 2 heterocycles. The van der Waals surface area contributed by atoms with Crippen LogP contribution in [0.15, 0.2) is 30.3 Å². The summed E-state index contributed by atoms with van der Waals surface area (Å²) in [4.78, 5) is 4.56. The van der Waals surface area contributed by atoms with E-state index in [0.29, 0.717) is 29.2 Å². The summed E-state index contributed by atoms with van der Waals surface area (Å²) < 4.78 is 45.9. The Hall–Kier alpha value is -2.41. The molecule has 0 aliphatic carbocycles. The van der Waals surface area contributed by atoms with Gasteiger partial charge in [0, 0.05) is 29.2 Å². The van der Waals surface area contributed by atoms with Crippen molar-refractivity contribution in [2.24, 2.45) is 0 Å². The second-order valence-corrected chi connectivity index (χ2v) is 6.14. The van der Waals surface area contributed by atoms with E-state index in [1.807, 2.05) is 4.57 Å². The molecule has 25 heavy (non-hydrogen) atoms. The normalized spacial score (nSPS) is 13.8. The van der Waals surface area contributed by atoms with Gasteiger partial charge in [-0.15, -0.1) is 0 Å². The van der Waals surface area contributed by atoms with Crippen LogP contribution >= 0.6 is 11.6 Å². The second-order valence-electron chi connectivity index (χ2n) is 5.71. The predicted octanol–water partition coefficient (Wildman–Crippen LogP) is 4.45. The number of hydrogen-bond acceptors (Lipinski definition) is 3. The summed E-state index contributed by atoms with van der Waals surface area (Å²) in [6, 6.07) is 7.94. The Balaban J connectivity index is 1.91. The number of alkyl halides is 2. The number of rotatable bonds is 2. The highest BCUT2D eigenvalue weighted by molar-refractivity contribution is 6.31. The molecule has 4 rings (SSSR count). The van der Waals surface area contributed by atoms with Gasteiger partial charge in [0.15, 0.2) is 11.6 Å². The lowest BCUT2D eigenvalue weighted by molar-refractivity contribution is -0.0528. The van der Waals surface area contributed by atoms with Crippen molar-refractivity contribution in [3.05, 3.63) is 52.6 Å². The van der Waals surface area contributed by atoms with Crippen LogP contribution in [0, 0.1) is 5.82 Å². The Morgan fingerprint density at radius 3 is 2.88 bits per heavy atom. The van der Waals surface area contributed by atoms with Crippen LogP contribution in [-0.4, -0.2) is 22.7 Å². The molecule has 0 amide bonds. The van der Waals surface area contributed by atoms with Gasteiger partial charge in [-0.05, 0) is 30.3 Å². The highest BCUT2D eigenvalue weighted by atomic mass is 35.5. The van der Waals surface area contributed by atoms with Crippen molar-refractivity contribution in [2.45, 2.75) is 19.6 Å². The standard InChI is InChI=1S/C17H13ClF3N3O/c18-9-1-3-13-14(7-9)24-8-10-12(22-6-5-15(24)23-13)4-2-11(19)16(10)25-17(20)21/h1-4,7,17,22H,5-6,8H2. The Morgan fingerprint density at radius 1 is 1.24 bits per heavy atom. The fourth-order valence-electron chi connectivity index (χ4n) is 3.12. The number of nitrogens with zero attached hydrogens (tertiary/aromatic N) is 2. The number of halogens is 4. The van der Waals surface area contributed by atoms with Crippen LogP contribution < -0.4 is 10.1 Å². The zero-order chi connectivity index (χ0) is 17.6. The van der Waals surface area contributed by atoms with Crippen molar-refractivity contribution in [2.75, 3.05) is 11.9 Å². The second kappa shape index (κ2) is 6.15. The molecule has 8 heteroatoms. The molecule has 1 N–H and O–H groups in total. The largest absolute Gasteiger partial charge is 0.431 e. The first-order chi connectivity index (χ1) is 12.0. The maximum Gasteiger partial charge on any atom is 0.387 e. The summed E-state index contributed by atoms with van der Waals surface area (Å²) in [6.45, 7) is -2.43. The number of benzene rings is 2. The van der Waals surface area contributed by atoms with E-state index in [0.717, 1.165) is 22.9 Å². The molecular weight excluding hydrogens is 355 g/mol. The van der Waals surface area contributed by atoms with Crippen LogP contribution in [0.1, 0.15) is 11.4 Å². The highest BCUT2D eigenvalue weighted by Gasteiger charge is 2.23. The number of ether oxygens (including phenoxy) is 1. The quantitative estimate of drug-likeness (QED) is 0.727. The Bertz CT molecular complexity index is 958. The zero-order valence-corrected chi connectivity index (χ0v) is 13.7. The molecule has 3 aromatic rings. The molecule has 0 fully saturated rings. The number of aromatic nitrogens is 2. The number of anilines is 1. The van der Waals surface area contributed by atoms with Gasteiger partial charge in [-0.2, -0.15) is 8.78 Å². The van der Waals surface area contributed by atoms with Crippen LogP contribution in [0.5, 0.6) is 5.75 Å². The van der Waals surface area contributed by atoms with Crippen molar-refractivity contribution >= 4 is 28.3 Å². The van der Waals surface area contributed by atoms with E-state index in [1.54, 1.807) is 18.2 Å². The molecule has 2 aromatic carbocycles. The average molecular weight is 368 g/mol. The minimum absolute atomic E-state index is 0.147. The number of imidazole rings is 1. The molecule has 0 saturated heterocycles. The lowest BCUT2D eigenvalue weighted by Crippen LogP contribution is -2.18. The third kappa shape index (κ3) is 2.89. The van der Waals surface area contributed by atoms with Crippen LogP contribution in [-0.2, 0) is 13.0 Å². The summed E-state index contributed by atoms with van der Waals surface area (Å²) in [5, 5.41) is 3.67. The van der Waals surface area contributed by atoms with E-state index < -0.39 is 18.2 Å². The van der Waals surface area contributed by atoms with E-state index >= 15 is 0 Å². The van der Waals surface area contributed by atoms with Crippen LogP contribution in [0.3, 0.4) is 0 Å². The molecule has 0 radical (unpaired) electrons. The lowest BCUT2D eigenvalue weighted by atomic mass is 10.1. The van der Waals surface area contributed by atoms with E-state index in [9.17, 15) is 13.2 Å². The van der Waals surface area contributed by atoms with Gasteiger partial charge in [0.25, 0.3) is 0 Å². The maximum absolute atomic E-state index is 14.1. The van der Waals surface area contributed by atoms with E-state index in [-0.39, 0.29) is 6.54 Å². The Kier molecular flexibility index (Phi) is 3.95. The fraction of sp³-hybridized carbons (Fsp3) is 0.235. The molecule has 130 valence electrons. The van der Waals surface area contributed by atoms with Crippen LogP contribution in [0.25, 0.3) is 11.0 Å². The average Bonchev–Trinajstić information content (AvgIpc) is 2.86. The molecule has 0 spiro atoms. The summed E-state index contributed by atoms with van der Waals surface area (Å²) in [5.74, 6) is -0.509. The molecule has 1 aromatic heterocycles. The molecule has 0 unspecified atom stereocenters. The van der Waals surface area contributed by atoms with Gasteiger partial charge >= 0.3 is 6.61 Å². The summed E-state index contributed by atoms with van der Waals surface area (Å²) in [5.41, 5.74) is 2.39. The lowest BCUT2D eigenvalue weighted by Gasteiger charge is -2.21. The summed E-state index contributed by atoms with van der Waals surface area (Å²) >= 11 is 6.08. The van der Waals surface area contributed by atoms with Crippen molar-refractivity contribution in [1.82, 2.24) is 9.55 Å². The van der Waals surface area contributed by atoms with Crippen LogP contribution in [0.2, 0.25) is 5.02 Å². The van der Waals surface area contributed by atoms with Crippen molar-refractivity contribution in [3.8, 4) is 5.75 Å². The first-order valence-electron chi connectivity index (χ1n) is 7.67. The topological polar surface area (TPSA) is 39.1 Å². The van der Waals surface area contributed by atoms with E-state index in [4.69, 9.17) is 11.6 Å². The van der Waals surface area contributed by atoms with Gasteiger partial charge in [0.2, 0.25) is 0 Å². The summed E-state index contributed by atoms with van der Waals surface area (Å²) in [7, 11) is 0. The summed E-state index contributed by atoms with van der Waals surface area (Å²) in [6.07, 6.45) is 0.633. The van der Waals surface area contributed by atoms with E-state index in [2.05, 4.69) is 15.0 Å². The van der Waals surface area contributed by atoms with Crippen molar-refractivity contribution in [1.29, 1.82) is 0 Å². The minimum Gasteiger partial charge on any atom is -0.431 e. The first kappa shape index (κ1) is 16.1. The van der Waals surface area contributed by atoms with Gasteiger partial charge in [-0.3, -0.25) is 0 Å². The molecule has 0 atom stereocenters. The molecule has 1 aliphatic heterocycles. The van der Waals surface area contributed by atoms with Gasteiger partial charge in [0.05, 0.1) is 17.6 Å². The molecule has 0 saturated carbocycles. The minimum atomic E-state index is -3.11. The fourth-order valence-corrected chi connectivity index (χ4v) is 3.28. The number of hydrogen-bond donors (Lipinski definition) is 1. The SMILES string of the molecule is Fc1ccc2c(c1OC(F)F)Cn1c(nc3ccc(Cl)cc31)CCN2. The first-order valence-corrected chi connectivity index (χ1v) is 8.05. The smallest absolute Gasteiger partial charge is 0.387 e. The Morgan fingerprint density at radius 2 is 2.08 bits per heavy atom.